The van der Waals surface area contributed by atoms with E-state index in [1.807, 2.05) is 0 Å². The number of nitrogens with two attached hydrogens (primary N) is 1. The van der Waals surface area contributed by atoms with Gasteiger partial charge in [-0.05, 0) is 54.5 Å². The normalized spacial score (nSPS) is 20.2. The number of rotatable bonds is 3. The highest BCUT2D eigenvalue weighted by molar-refractivity contribution is 9.10. The zero-order valence-electron chi connectivity index (χ0n) is 10.8. The Bertz CT molecular complexity index is 493. The number of nitrogens with one attached hydrogen (secondary N) is 1. The molecule has 1 unspecified atom stereocenters. The molecule has 104 valence electrons. The average molecular weight is 328 g/mol. The molecule has 6 heteroatoms. The molecule has 1 fully saturated rings. The van der Waals surface area contributed by atoms with E-state index in [2.05, 4.69) is 33.2 Å². The first kappa shape index (κ1) is 14.1. The summed E-state index contributed by atoms with van der Waals surface area (Å²) < 4.78 is 0.795. The fraction of sp³-hybridized carbons (Fsp3) is 0.462. The molecule has 0 saturated carbocycles. The smallest absolute Gasteiger partial charge is 0.337 e. The van der Waals surface area contributed by atoms with E-state index >= 15 is 0 Å². The number of piperidine rings is 1. The predicted molar refractivity (Wildman–Crippen MR) is 79.7 cm³/mol. The molecule has 0 amide bonds. The maximum atomic E-state index is 11.1. The zero-order chi connectivity index (χ0) is 14.0. The molecule has 5 nitrogen and oxygen atoms in total. The molecule has 1 heterocycles. The van der Waals surface area contributed by atoms with Crippen molar-refractivity contribution in [3.8, 4) is 0 Å². The average Bonchev–Trinajstić information content (AvgIpc) is 2.32. The van der Waals surface area contributed by atoms with Gasteiger partial charge in [0.1, 0.15) is 0 Å². The molecule has 0 spiro atoms. The number of carbonyl (C=O) groups is 1. The van der Waals surface area contributed by atoms with Crippen molar-refractivity contribution in [1.82, 2.24) is 4.90 Å². The van der Waals surface area contributed by atoms with E-state index in [0.717, 1.165) is 36.1 Å². The second kappa shape index (κ2) is 5.79. The molecule has 1 aromatic rings. The zero-order valence-corrected chi connectivity index (χ0v) is 12.4. The van der Waals surface area contributed by atoms with Crippen LogP contribution in [0.3, 0.4) is 0 Å². The van der Waals surface area contributed by atoms with Crippen LogP contribution in [-0.2, 0) is 0 Å². The molecule has 1 aromatic carbocycles. The van der Waals surface area contributed by atoms with Crippen LogP contribution in [0.5, 0.6) is 0 Å². The number of halogens is 1. The van der Waals surface area contributed by atoms with Gasteiger partial charge in [-0.1, -0.05) is 0 Å². The van der Waals surface area contributed by atoms with Crippen molar-refractivity contribution in [2.24, 2.45) is 0 Å². The second-order valence-electron chi connectivity index (χ2n) is 4.97. The van der Waals surface area contributed by atoms with E-state index in [9.17, 15) is 4.79 Å². The van der Waals surface area contributed by atoms with Gasteiger partial charge in [-0.15, -0.1) is 0 Å². The summed E-state index contributed by atoms with van der Waals surface area (Å²) in [6.07, 6.45) is 2.23. The van der Waals surface area contributed by atoms with Crippen molar-refractivity contribution < 1.29 is 9.90 Å². The summed E-state index contributed by atoms with van der Waals surface area (Å²) in [7, 11) is 2.09. The van der Waals surface area contributed by atoms with Crippen LogP contribution in [0.1, 0.15) is 23.2 Å². The summed E-state index contributed by atoms with van der Waals surface area (Å²) >= 11 is 3.42. The molecule has 19 heavy (non-hydrogen) atoms. The first-order valence-electron chi connectivity index (χ1n) is 6.24. The minimum atomic E-state index is -1.01. The maximum absolute atomic E-state index is 11.1. The van der Waals surface area contributed by atoms with Crippen LogP contribution >= 0.6 is 15.9 Å². The van der Waals surface area contributed by atoms with Crippen LogP contribution in [0.4, 0.5) is 11.4 Å². The molecule has 1 aliphatic heterocycles. The van der Waals surface area contributed by atoms with Gasteiger partial charge in [-0.2, -0.15) is 0 Å². The van der Waals surface area contributed by atoms with E-state index in [4.69, 9.17) is 10.8 Å². The molecule has 0 radical (unpaired) electrons. The Morgan fingerprint density at radius 1 is 1.58 bits per heavy atom. The Morgan fingerprint density at radius 3 is 2.95 bits per heavy atom. The molecule has 1 saturated heterocycles. The van der Waals surface area contributed by atoms with Crippen molar-refractivity contribution in [2.45, 2.75) is 18.9 Å². The Kier molecular flexibility index (Phi) is 4.31. The summed E-state index contributed by atoms with van der Waals surface area (Å²) in [5.41, 5.74) is 6.89. The van der Waals surface area contributed by atoms with Gasteiger partial charge in [-0.25, -0.2) is 4.79 Å². The van der Waals surface area contributed by atoms with Crippen LogP contribution in [-0.4, -0.2) is 42.2 Å². The Hall–Kier alpha value is -1.27. The molecule has 2 rings (SSSR count). The summed E-state index contributed by atoms with van der Waals surface area (Å²) in [4.78, 5) is 13.4. The lowest BCUT2D eigenvalue weighted by Gasteiger charge is -2.31. The summed E-state index contributed by atoms with van der Waals surface area (Å²) in [6.45, 7) is 2.07. The molecular weight excluding hydrogens is 310 g/mol. The third-order valence-electron chi connectivity index (χ3n) is 3.35. The van der Waals surface area contributed by atoms with Crippen molar-refractivity contribution in [2.75, 3.05) is 31.2 Å². The highest BCUT2D eigenvalue weighted by Gasteiger charge is 2.19. The molecule has 1 aliphatic rings. The van der Waals surface area contributed by atoms with Crippen LogP contribution in [0.15, 0.2) is 16.6 Å². The van der Waals surface area contributed by atoms with Gasteiger partial charge < -0.3 is 21.1 Å². The molecule has 1 atom stereocenters. The minimum absolute atomic E-state index is 0.134. The standard InChI is InChI=1S/C13H18BrN3O2/c1-17-4-2-3-8(7-17)16-12-5-9(13(18)19)11(15)6-10(12)14/h5-6,8,16H,2-4,7,15H2,1H3,(H,18,19). The SMILES string of the molecule is CN1CCCC(Nc2cc(C(=O)O)c(N)cc2Br)C1. The number of benzene rings is 1. The lowest BCUT2D eigenvalue weighted by atomic mass is 10.1. The van der Waals surface area contributed by atoms with Gasteiger partial charge in [0.25, 0.3) is 0 Å². The van der Waals surface area contributed by atoms with Gasteiger partial charge in [0.15, 0.2) is 0 Å². The van der Waals surface area contributed by atoms with Crippen molar-refractivity contribution in [1.29, 1.82) is 0 Å². The van der Waals surface area contributed by atoms with Crippen LogP contribution < -0.4 is 11.1 Å². The monoisotopic (exact) mass is 327 g/mol. The molecule has 0 bridgehead atoms. The quantitative estimate of drug-likeness (QED) is 0.742. The highest BCUT2D eigenvalue weighted by Crippen LogP contribution is 2.29. The largest absolute Gasteiger partial charge is 0.478 e. The van der Waals surface area contributed by atoms with Gasteiger partial charge >= 0.3 is 5.97 Å². The van der Waals surface area contributed by atoms with Gasteiger partial charge in [0, 0.05) is 28.4 Å². The third kappa shape index (κ3) is 3.39. The van der Waals surface area contributed by atoms with E-state index in [0.29, 0.717) is 6.04 Å². The maximum Gasteiger partial charge on any atom is 0.337 e. The number of carboxylic acid groups (broad SMARTS) is 1. The molecule has 0 aliphatic carbocycles. The minimum Gasteiger partial charge on any atom is -0.478 e. The van der Waals surface area contributed by atoms with E-state index in [1.165, 1.54) is 0 Å². The molecule has 0 aromatic heterocycles. The highest BCUT2D eigenvalue weighted by atomic mass is 79.9. The Morgan fingerprint density at radius 2 is 2.32 bits per heavy atom. The van der Waals surface area contributed by atoms with Gasteiger partial charge in [0.2, 0.25) is 0 Å². The first-order chi connectivity index (χ1) is 8.97. The van der Waals surface area contributed by atoms with E-state index in [1.54, 1.807) is 12.1 Å². The summed E-state index contributed by atoms with van der Waals surface area (Å²) in [6, 6.07) is 3.56. The number of nitrogens with zero attached hydrogens (tertiary/aromatic N) is 1. The number of likely N-dealkylation sites (tertiary alicyclic amines) is 1. The van der Waals surface area contributed by atoms with Crippen LogP contribution in [0.25, 0.3) is 0 Å². The fourth-order valence-corrected chi connectivity index (χ4v) is 2.86. The number of nitrogen functional groups attached to an aromatic ring is 1. The fourth-order valence-electron chi connectivity index (χ4n) is 2.39. The predicted octanol–water partition coefficient (Wildman–Crippen LogP) is 2.24. The topological polar surface area (TPSA) is 78.6 Å². The Balaban J connectivity index is 2.19. The third-order valence-corrected chi connectivity index (χ3v) is 4.01. The number of hydrogen-bond acceptors (Lipinski definition) is 4. The van der Waals surface area contributed by atoms with Gasteiger partial charge in [-0.3, -0.25) is 0 Å². The van der Waals surface area contributed by atoms with E-state index < -0.39 is 5.97 Å². The number of likely N-dealkylation sites (N-methyl/N-ethyl adjacent to an activating group) is 1. The van der Waals surface area contributed by atoms with Crippen molar-refractivity contribution in [3.63, 3.8) is 0 Å². The number of aromatic carboxylic acids is 1. The lowest BCUT2D eigenvalue weighted by Crippen LogP contribution is -2.39. The Labute approximate surface area is 120 Å². The van der Waals surface area contributed by atoms with Crippen LogP contribution in [0.2, 0.25) is 0 Å². The summed E-state index contributed by atoms with van der Waals surface area (Å²) in [5, 5.41) is 12.5. The van der Waals surface area contributed by atoms with Crippen LogP contribution in [0, 0.1) is 0 Å². The lowest BCUT2D eigenvalue weighted by molar-refractivity contribution is 0.0698. The van der Waals surface area contributed by atoms with Crippen molar-refractivity contribution >= 4 is 33.3 Å². The number of hydrogen-bond donors (Lipinski definition) is 3. The number of anilines is 2. The van der Waals surface area contributed by atoms with E-state index in [-0.39, 0.29) is 11.3 Å². The molecular formula is C13H18BrN3O2. The number of carboxylic acids is 1. The summed E-state index contributed by atoms with van der Waals surface area (Å²) in [5.74, 6) is -1.01. The first-order valence-corrected chi connectivity index (χ1v) is 7.04. The van der Waals surface area contributed by atoms with Crippen molar-refractivity contribution in [3.05, 3.63) is 22.2 Å². The second-order valence-corrected chi connectivity index (χ2v) is 5.82. The van der Waals surface area contributed by atoms with Gasteiger partial charge in [0.05, 0.1) is 5.56 Å². The molecule has 4 N–H and O–H groups in total.